The minimum Gasteiger partial charge on any atom is -0.361 e. The second kappa shape index (κ2) is 7.73. The Labute approximate surface area is 164 Å². The number of aryl methyl sites for hydroxylation is 3. The van der Waals surface area contributed by atoms with Gasteiger partial charge >= 0.3 is 0 Å². The SMILES string of the molecule is Cc1noc(C)c1CN1C(=O)[C@@H]2CC[C@H]1CN(C(=O)CCc1cccnc1)C2. The highest BCUT2D eigenvalue weighted by Crippen LogP contribution is 2.31. The van der Waals surface area contributed by atoms with Crippen molar-refractivity contribution in [1.29, 1.82) is 0 Å². The third-order valence-electron chi connectivity index (χ3n) is 6.01. The van der Waals surface area contributed by atoms with E-state index < -0.39 is 0 Å². The number of aromatic nitrogens is 2. The molecule has 148 valence electrons. The van der Waals surface area contributed by atoms with Gasteiger partial charge in [-0.15, -0.1) is 0 Å². The summed E-state index contributed by atoms with van der Waals surface area (Å²) in [6, 6.07) is 3.93. The predicted octanol–water partition coefficient (Wildman–Crippen LogP) is 2.27. The van der Waals surface area contributed by atoms with E-state index in [9.17, 15) is 9.59 Å². The van der Waals surface area contributed by atoms with Crippen LogP contribution in [0.15, 0.2) is 29.0 Å². The fourth-order valence-electron chi connectivity index (χ4n) is 4.31. The Morgan fingerprint density at radius 1 is 1.29 bits per heavy atom. The molecule has 5 heterocycles. The fourth-order valence-corrected chi connectivity index (χ4v) is 4.31. The van der Waals surface area contributed by atoms with E-state index in [1.807, 2.05) is 35.8 Å². The molecule has 3 aliphatic rings. The molecule has 28 heavy (non-hydrogen) atoms. The van der Waals surface area contributed by atoms with Crippen molar-refractivity contribution in [3.8, 4) is 0 Å². The minimum absolute atomic E-state index is 0.0577. The van der Waals surface area contributed by atoms with Crippen LogP contribution in [0.2, 0.25) is 0 Å². The van der Waals surface area contributed by atoms with Crippen molar-refractivity contribution < 1.29 is 14.1 Å². The van der Waals surface area contributed by atoms with Crippen molar-refractivity contribution in [2.75, 3.05) is 13.1 Å². The van der Waals surface area contributed by atoms with Crippen LogP contribution in [-0.2, 0) is 22.6 Å². The van der Waals surface area contributed by atoms with Gasteiger partial charge in [-0.3, -0.25) is 14.6 Å². The Morgan fingerprint density at radius 2 is 2.14 bits per heavy atom. The quantitative estimate of drug-likeness (QED) is 0.793. The van der Waals surface area contributed by atoms with Gasteiger partial charge in [0.25, 0.3) is 0 Å². The number of hydrogen-bond donors (Lipinski definition) is 0. The maximum absolute atomic E-state index is 13.0. The average molecular weight is 382 g/mol. The zero-order valence-electron chi connectivity index (χ0n) is 16.4. The molecule has 0 N–H and O–H groups in total. The van der Waals surface area contributed by atoms with E-state index in [1.165, 1.54) is 0 Å². The number of piperidine rings is 1. The first-order valence-corrected chi connectivity index (χ1v) is 9.92. The highest BCUT2D eigenvalue weighted by Gasteiger charge is 2.42. The normalized spacial score (nSPS) is 21.9. The summed E-state index contributed by atoms with van der Waals surface area (Å²) in [6.07, 6.45) is 6.45. The molecule has 3 fully saturated rings. The maximum Gasteiger partial charge on any atom is 0.228 e. The van der Waals surface area contributed by atoms with Crippen molar-refractivity contribution in [3.63, 3.8) is 0 Å². The summed E-state index contributed by atoms with van der Waals surface area (Å²) in [5, 5.41) is 4.01. The molecule has 0 aliphatic carbocycles. The van der Waals surface area contributed by atoms with Gasteiger partial charge in [0.15, 0.2) is 0 Å². The molecule has 3 aliphatic heterocycles. The summed E-state index contributed by atoms with van der Waals surface area (Å²) >= 11 is 0. The van der Waals surface area contributed by atoms with Gasteiger partial charge < -0.3 is 14.3 Å². The number of amides is 2. The van der Waals surface area contributed by atoms with Crippen molar-refractivity contribution in [3.05, 3.63) is 47.1 Å². The summed E-state index contributed by atoms with van der Waals surface area (Å²) in [7, 11) is 0. The maximum atomic E-state index is 13.0. The van der Waals surface area contributed by atoms with Crippen LogP contribution in [0.25, 0.3) is 0 Å². The van der Waals surface area contributed by atoms with Crippen LogP contribution < -0.4 is 0 Å². The second-order valence-corrected chi connectivity index (χ2v) is 7.86. The molecule has 3 saturated heterocycles. The van der Waals surface area contributed by atoms with Crippen LogP contribution in [0.1, 0.15) is 41.8 Å². The van der Waals surface area contributed by atoms with Crippen molar-refractivity contribution >= 4 is 11.8 Å². The smallest absolute Gasteiger partial charge is 0.228 e. The molecule has 0 spiro atoms. The molecular weight excluding hydrogens is 356 g/mol. The lowest BCUT2D eigenvalue weighted by Gasteiger charge is -2.35. The molecule has 2 aromatic heterocycles. The number of carbonyl (C=O) groups is 2. The summed E-state index contributed by atoms with van der Waals surface area (Å²) in [4.78, 5) is 33.8. The summed E-state index contributed by atoms with van der Waals surface area (Å²) in [6.45, 7) is 5.43. The van der Waals surface area contributed by atoms with Crippen LogP contribution in [0.4, 0.5) is 0 Å². The zero-order valence-corrected chi connectivity index (χ0v) is 16.4. The monoisotopic (exact) mass is 382 g/mol. The molecule has 2 aromatic rings. The van der Waals surface area contributed by atoms with Gasteiger partial charge in [-0.05, 0) is 44.7 Å². The number of carbonyl (C=O) groups excluding carboxylic acids is 2. The summed E-state index contributed by atoms with van der Waals surface area (Å²) < 4.78 is 5.26. The van der Waals surface area contributed by atoms with Crippen LogP contribution in [0.3, 0.4) is 0 Å². The number of nitrogens with zero attached hydrogens (tertiary/aromatic N) is 4. The van der Waals surface area contributed by atoms with E-state index in [0.717, 1.165) is 35.4 Å². The van der Waals surface area contributed by atoms with E-state index in [2.05, 4.69) is 10.1 Å². The van der Waals surface area contributed by atoms with E-state index in [0.29, 0.717) is 32.5 Å². The van der Waals surface area contributed by atoms with Crippen LogP contribution in [-0.4, -0.2) is 50.9 Å². The first-order valence-electron chi connectivity index (χ1n) is 9.92. The Kier molecular flexibility index (Phi) is 5.15. The van der Waals surface area contributed by atoms with Crippen LogP contribution in [0, 0.1) is 19.8 Å². The Bertz CT molecular complexity index is 844. The lowest BCUT2D eigenvalue weighted by atomic mass is 9.93. The van der Waals surface area contributed by atoms with Gasteiger partial charge in [-0.2, -0.15) is 0 Å². The van der Waals surface area contributed by atoms with Crippen molar-refractivity contribution in [1.82, 2.24) is 19.9 Å². The summed E-state index contributed by atoms with van der Waals surface area (Å²) in [5.41, 5.74) is 2.87. The van der Waals surface area contributed by atoms with E-state index in [1.54, 1.807) is 12.4 Å². The predicted molar refractivity (Wildman–Crippen MR) is 102 cm³/mol. The third-order valence-corrected chi connectivity index (χ3v) is 6.01. The first kappa shape index (κ1) is 18.7. The number of pyridine rings is 1. The molecule has 2 amide bonds. The molecule has 7 nitrogen and oxygen atoms in total. The Balaban J connectivity index is 1.45. The molecule has 0 unspecified atom stereocenters. The largest absolute Gasteiger partial charge is 0.361 e. The highest BCUT2D eigenvalue weighted by molar-refractivity contribution is 5.83. The molecule has 2 atom stereocenters. The van der Waals surface area contributed by atoms with E-state index >= 15 is 0 Å². The van der Waals surface area contributed by atoms with Crippen molar-refractivity contribution in [2.24, 2.45) is 5.92 Å². The van der Waals surface area contributed by atoms with Gasteiger partial charge in [0, 0.05) is 43.5 Å². The average Bonchev–Trinajstić information content (AvgIpc) is 2.88. The molecule has 2 bridgehead atoms. The van der Waals surface area contributed by atoms with Crippen LogP contribution >= 0.6 is 0 Å². The molecular formula is C21H26N4O3. The lowest BCUT2D eigenvalue weighted by molar-refractivity contribution is -0.140. The molecule has 7 heteroatoms. The van der Waals surface area contributed by atoms with Crippen LogP contribution in [0.5, 0.6) is 0 Å². The number of fused-ring (bicyclic) bond motifs is 4. The van der Waals surface area contributed by atoms with Gasteiger partial charge in [-0.25, -0.2) is 0 Å². The van der Waals surface area contributed by atoms with Crippen molar-refractivity contribution in [2.45, 2.75) is 52.1 Å². The number of rotatable bonds is 5. The number of hydrogen-bond acceptors (Lipinski definition) is 5. The standard InChI is InChI=1S/C21H26N4O3/c1-14-19(15(2)28-23-14)13-25-18-7-6-17(21(25)27)11-24(12-18)20(26)8-5-16-4-3-9-22-10-16/h3-4,9-10,17-18H,5-8,11-13H2,1-2H3/t17-,18+/m1/s1. The van der Waals surface area contributed by atoms with E-state index in [-0.39, 0.29) is 23.8 Å². The topological polar surface area (TPSA) is 79.5 Å². The second-order valence-electron chi connectivity index (χ2n) is 7.86. The molecule has 0 saturated carbocycles. The molecule has 0 aromatic carbocycles. The minimum atomic E-state index is -0.110. The summed E-state index contributed by atoms with van der Waals surface area (Å²) in [5.74, 6) is 0.919. The van der Waals surface area contributed by atoms with E-state index in [4.69, 9.17) is 4.52 Å². The highest BCUT2D eigenvalue weighted by atomic mass is 16.5. The lowest BCUT2D eigenvalue weighted by Crippen LogP contribution is -2.47. The van der Waals surface area contributed by atoms with Gasteiger partial charge in [0.05, 0.1) is 18.2 Å². The third kappa shape index (κ3) is 3.66. The Hall–Kier alpha value is -2.70. The van der Waals surface area contributed by atoms with Gasteiger partial charge in [0.2, 0.25) is 11.8 Å². The molecule has 0 radical (unpaired) electrons. The molecule has 5 rings (SSSR count). The van der Waals surface area contributed by atoms with Gasteiger partial charge in [-0.1, -0.05) is 11.2 Å². The zero-order chi connectivity index (χ0) is 19.7. The first-order chi connectivity index (χ1) is 13.5. The Morgan fingerprint density at radius 3 is 2.86 bits per heavy atom. The van der Waals surface area contributed by atoms with Gasteiger partial charge in [0.1, 0.15) is 5.76 Å². The fraction of sp³-hybridized carbons (Fsp3) is 0.524.